The average Bonchev–Trinajstić information content (AvgIpc) is 2.83. The zero-order valence-corrected chi connectivity index (χ0v) is 21.7. The molecule has 0 fully saturated rings. The van der Waals surface area contributed by atoms with Crippen LogP contribution in [-0.4, -0.2) is 28.7 Å². The van der Waals surface area contributed by atoms with Crippen molar-refractivity contribution in [3.05, 3.63) is 67.8 Å². The first-order valence-corrected chi connectivity index (χ1v) is 12.3. The Hall–Kier alpha value is -3.23. The molecule has 0 aliphatic carbocycles. The number of hydrogen-bond donors (Lipinski definition) is 1. The monoisotopic (exact) mass is 509 g/mol. The number of phenols is 1. The van der Waals surface area contributed by atoms with E-state index in [0.29, 0.717) is 17.7 Å². The molecule has 0 atom stereocenters. The van der Waals surface area contributed by atoms with Gasteiger partial charge in [-0.2, -0.15) is 0 Å². The van der Waals surface area contributed by atoms with Crippen LogP contribution in [0.3, 0.4) is 0 Å². The summed E-state index contributed by atoms with van der Waals surface area (Å²) in [6.07, 6.45) is 13.0. The smallest absolute Gasteiger partial charge is 0.272 e. The largest absolute Gasteiger partial charge is 0.508 e. The molecule has 2 aromatic rings. The predicted octanol–water partition coefficient (Wildman–Crippen LogP) is 8.40. The lowest BCUT2D eigenvalue weighted by molar-refractivity contribution is -0.385. The summed E-state index contributed by atoms with van der Waals surface area (Å²) in [5, 5.41) is 29.9. The van der Waals surface area contributed by atoms with Crippen LogP contribution in [0.25, 0.3) is 0 Å². The summed E-state index contributed by atoms with van der Waals surface area (Å²) in [6.45, 7) is 6.26. The van der Waals surface area contributed by atoms with Gasteiger partial charge < -0.3 is 9.84 Å². The fraction of sp³-hybridized carbons (Fsp3) is 0.556. The molecule has 36 heavy (non-hydrogen) atoms. The lowest BCUT2D eigenvalue weighted by atomic mass is 10.1. The second kappa shape index (κ2) is 20.0. The maximum absolute atomic E-state index is 10.8. The minimum absolute atomic E-state index is 0.0304. The van der Waals surface area contributed by atoms with Gasteiger partial charge in [0, 0.05) is 23.3 Å². The fourth-order valence-electron chi connectivity index (χ4n) is 3.55. The van der Waals surface area contributed by atoms with Gasteiger partial charge in [-0.05, 0) is 44.5 Å². The van der Waals surface area contributed by atoms with E-state index in [2.05, 4.69) is 6.92 Å². The van der Waals surface area contributed by atoms with Crippen molar-refractivity contribution in [1.82, 2.24) is 0 Å². The number of phenolic OH excluding ortho intramolecular Hbond substituents is 1. The zero-order chi connectivity index (χ0) is 28.1. The Morgan fingerprint density at radius 2 is 1.28 bits per heavy atom. The molecule has 0 spiro atoms. The van der Waals surface area contributed by atoms with Crippen molar-refractivity contribution in [1.29, 1.82) is 0 Å². The van der Waals surface area contributed by atoms with Gasteiger partial charge in [0.2, 0.25) is 0 Å². The van der Waals surface area contributed by atoms with Gasteiger partial charge in [0.1, 0.15) is 11.5 Å². The van der Waals surface area contributed by atoms with E-state index in [-0.39, 0.29) is 22.0 Å². The normalized spacial score (nSPS) is 10.3. The van der Waals surface area contributed by atoms with E-state index in [0.717, 1.165) is 12.2 Å². The molecule has 0 radical (unpaired) electrons. The van der Waals surface area contributed by atoms with Crippen LogP contribution in [0.4, 0.5) is 15.8 Å². The predicted molar refractivity (Wildman–Crippen MR) is 142 cm³/mol. The summed E-state index contributed by atoms with van der Waals surface area (Å²) in [7, 11) is -1.00. The average molecular weight is 510 g/mol. The molecule has 0 amide bonds. The summed E-state index contributed by atoms with van der Waals surface area (Å²) < 4.78 is 21.2. The molecular formula is C27H41FN2O6. The number of hydrogen-bond acceptors (Lipinski definition) is 6. The van der Waals surface area contributed by atoms with Crippen molar-refractivity contribution in [3.63, 3.8) is 0 Å². The van der Waals surface area contributed by atoms with Gasteiger partial charge in [-0.15, -0.1) is 0 Å². The van der Waals surface area contributed by atoms with Crippen molar-refractivity contribution < 1.29 is 25.5 Å². The Balaban J connectivity index is 0.000000765. The Labute approximate surface area is 215 Å². The summed E-state index contributed by atoms with van der Waals surface area (Å²) in [5.74, 6) is 0.775. The number of ether oxygens (including phenoxy) is 1. The molecule has 0 saturated heterocycles. The van der Waals surface area contributed by atoms with Gasteiger partial charge in [0.05, 0.1) is 25.0 Å². The van der Waals surface area contributed by atoms with Crippen molar-refractivity contribution in [2.75, 3.05) is 13.8 Å². The van der Waals surface area contributed by atoms with Gasteiger partial charge in [0.25, 0.3) is 11.4 Å². The molecule has 0 saturated carbocycles. The molecule has 202 valence electrons. The summed E-state index contributed by atoms with van der Waals surface area (Å²) >= 11 is 0. The summed E-state index contributed by atoms with van der Waals surface area (Å²) in [5.41, 5.74) is 1.30. The first kappa shape index (κ1) is 30.8. The molecule has 0 bridgehead atoms. The lowest BCUT2D eigenvalue weighted by Crippen LogP contribution is -1.98. The third kappa shape index (κ3) is 14.2. The van der Waals surface area contributed by atoms with Gasteiger partial charge in [-0.1, -0.05) is 64.7 Å². The minimum atomic E-state index is -1.00. The van der Waals surface area contributed by atoms with Crippen molar-refractivity contribution in [2.24, 2.45) is 0 Å². The fourth-order valence-corrected chi connectivity index (χ4v) is 3.55. The number of nitro groups is 2. The zero-order valence-electron chi connectivity index (χ0n) is 22.7. The number of nitro benzene ring substituents is 2. The SMILES string of the molecule is CCCCCCCCCCCCOc1ccc([N+](=O)[O-])c(C)c1.Cc1cc(O)ccc1[N+](=O)[O-].[2H]CF. The molecule has 0 aromatic heterocycles. The molecular weight excluding hydrogens is 467 g/mol. The number of alkyl halides is 1. The first-order chi connectivity index (χ1) is 17.7. The number of benzene rings is 2. The maximum atomic E-state index is 10.8. The minimum Gasteiger partial charge on any atom is -0.508 e. The highest BCUT2D eigenvalue weighted by atomic mass is 19.1. The highest BCUT2D eigenvalue weighted by Crippen LogP contribution is 2.23. The molecule has 1 N–H and O–H groups in total. The molecule has 9 heteroatoms. The standard InChI is InChI=1S/C19H31NO3.C7H7NO3.CH3F/c1-3-4-5-6-7-8-9-10-11-12-15-23-18-13-14-19(20(21)22)17(2)16-18;1-5-4-6(9)2-3-7(5)8(10)11;1-2/h13-14,16H,3-12,15H2,1-2H3;2-4,9H,1H3;1H3/i;;1D. The Bertz CT molecular complexity index is 930. The maximum Gasteiger partial charge on any atom is 0.272 e. The second-order valence-corrected chi connectivity index (χ2v) is 8.46. The quantitative estimate of drug-likeness (QED) is 0.155. The van der Waals surface area contributed by atoms with E-state index in [1.807, 2.05) is 0 Å². The van der Waals surface area contributed by atoms with Crippen LogP contribution in [0.1, 0.15) is 83.6 Å². The Kier molecular flexibility index (Phi) is 17.1. The van der Waals surface area contributed by atoms with Gasteiger partial charge in [-0.25, -0.2) is 0 Å². The Morgan fingerprint density at radius 1 is 0.833 bits per heavy atom. The highest BCUT2D eigenvalue weighted by molar-refractivity contribution is 5.44. The topological polar surface area (TPSA) is 116 Å². The lowest BCUT2D eigenvalue weighted by Gasteiger charge is -2.07. The third-order valence-corrected chi connectivity index (χ3v) is 5.51. The van der Waals surface area contributed by atoms with E-state index >= 15 is 0 Å². The molecule has 0 aliphatic heterocycles. The summed E-state index contributed by atoms with van der Waals surface area (Å²) in [6, 6.07) is 8.88. The van der Waals surface area contributed by atoms with E-state index in [9.17, 15) is 24.6 Å². The van der Waals surface area contributed by atoms with Gasteiger partial charge in [0.15, 0.2) is 0 Å². The van der Waals surface area contributed by atoms with Crippen LogP contribution in [0.15, 0.2) is 36.4 Å². The van der Waals surface area contributed by atoms with Gasteiger partial charge in [-0.3, -0.25) is 24.6 Å². The van der Waals surface area contributed by atoms with Crippen molar-refractivity contribution in [2.45, 2.75) is 85.0 Å². The molecule has 2 aromatic carbocycles. The van der Waals surface area contributed by atoms with Crippen LogP contribution in [0, 0.1) is 34.1 Å². The molecule has 0 unspecified atom stereocenters. The number of rotatable bonds is 14. The van der Waals surface area contributed by atoms with E-state index < -0.39 is 12.1 Å². The van der Waals surface area contributed by atoms with Crippen LogP contribution >= 0.6 is 0 Å². The van der Waals surface area contributed by atoms with E-state index in [4.69, 9.17) is 11.2 Å². The van der Waals surface area contributed by atoms with Crippen LogP contribution < -0.4 is 4.74 Å². The summed E-state index contributed by atoms with van der Waals surface area (Å²) in [4.78, 5) is 20.2. The molecule has 0 aliphatic rings. The molecule has 8 nitrogen and oxygen atoms in total. The Morgan fingerprint density at radius 3 is 1.72 bits per heavy atom. The number of aromatic hydroxyl groups is 1. The van der Waals surface area contributed by atoms with Crippen molar-refractivity contribution in [3.8, 4) is 11.5 Å². The van der Waals surface area contributed by atoms with E-state index in [1.54, 1.807) is 26.0 Å². The number of halogens is 1. The second-order valence-electron chi connectivity index (χ2n) is 8.46. The number of nitrogens with zero attached hydrogens (tertiary/aromatic N) is 2. The van der Waals surface area contributed by atoms with Crippen molar-refractivity contribution >= 4 is 11.4 Å². The van der Waals surface area contributed by atoms with Gasteiger partial charge >= 0.3 is 0 Å². The number of aryl methyl sites for hydroxylation is 2. The highest BCUT2D eigenvalue weighted by Gasteiger charge is 2.10. The molecule has 2 rings (SSSR count). The van der Waals surface area contributed by atoms with Crippen LogP contribution in [-0.2, 0) is 0 Å². The van der Waals surface area contributed by atoms with E-state index in [1.165, 1.54) is 82.1 Å². The molecule has 0 heterocycles. The number of unbranched alkanes of at least 4 members (excludes halogenated alkanes) is 9. The van der Waals surface area contributed by atoms with Crippen LogP contribution in [0.5, 0.6) is 11.5 Å². The third-order valence-electron chi connectivity index (χ3n) is 5.51. The first-order valence-electron chi connectivity index (χ1n) is 13.1. The van der Waals surface area contributed by atoms with Crippen LogP contribution in [0.2, 0.25) is 0 Å².